The SMILES string of the molecule is CCN1CCN(C(=O)CN(c2ccc(NC(C)=O)cc2)S(C)(=O)=O)CC1. The fraction of sp³-hybridized carbons (Fsp3) is 0.529. The lowest BCUT2D eigenvalue weighted by atomic mass is 10.2. The zero-order valence-corrected chi connectivity index (χ0v) is 16.3. The van der Waals surface area contributed by atoms with E-state index < -0.39 is 10.0 Å². The zero-order chi connectivity index (χ0) is 19.3. The van der Waals surface area contributed by atoms with Crippen molar-refractivity contribution < 1.29 is 18.0 Å². The Bertz CT molecular complexity index is 741. The molecule has 8 nitrogen and oxygen atoms in total. The van der Waals surface area contributed by atoms with E-state index in [0.717, 1.165) is 30.2 Å². The van der Waals surface area contributed by atoms with Crippen LogP contribution in [0.25, 0.3) is 0 Å². The Hall–Kier alpha value is -2.13. The third-order valence-electron chi connectivity index (χ3n) is 4.33. The number of nitrogens with zero attached hydrogens (tertiary/aromatic N) is 3. The summed E-state index contributed by atoms with van der Waals surface area (Å²) in [5.74, 6) is -0.420. The van der Waals surface area contributed by atoms with Gasteiger partial charge in [0, 0.05) is 38.8 Å². The third-order valence-corrected chi connectivity index (χ3v) is 5.47. The van der Waals surface area contributed by atoms with Crippen LogP contribution in [0.3, 0.4) is 0 Å². The first-order valence-corrected chi connectivity index (χ1v) is 10.4. The topological polar surface area (TPSA) is 90.0 Å². The zero-order valence-electron chi connectivity index (χ0n) is 15.4. The molecule has 0 radical (unpaired) electrons. The van der Waals surface area contributed by atoms with Crippen molar-refractivity contribution in [3.8, 4) is 0 Å². The summed E-state index contributed by atoms with van der Waals surface area (Å²) in [6, 6.07) is 6.38. The molecule has 1 aromatic rings. The molecule has 0 spiro atoms. The maximum atomic E-state index is 12.6. The number of sulfonamides is 1. The molecule has 0 saturated carbocycles. The van der Waals surface area contributed by atoms with Crippen LogP contribution in [0, 0.1) is 0 Å². The van der Waals surface area contributed by atoms with Gasteiger partial charge in [0.15, 0.2) is 0 Å². The van der Waals surface area contributed by atoms with Crippen molar-refractivity contribution >= 4 is 33.2 Å². The fourth-order valence-electron chi connectivity index (χ4n) is 2.85. The molecule has 1 aliphatic heterocycles. The second kappa shape index (κ2) is 8.50. The van der Waals surface area contributed by atoms with Crippen LogP contribution in [-0.2, 0) is 19.6 Å². The first-order valence-electron chi connectivity index (χ1n) is 8.56. The molecule has 1 fully saturated rings. The minimum atomic E-state index is -3.61. The first-order chi connectivity index (χ1) is 12.2. The van der Waals surface area contributed by atoms with Gasteiger partial charge in [0.1, 0.15) is 6.54 Å². The minimum absolute atomic E-state index is 0.209. The highest BCUT2D eigenvalue weighted by Gasteiger charge is 2.26. The molecule has 1 N–H and O–H groups in total. The lowest BCUT2D eigenvalue weighted by Gasteiger charge is -2.35. The quantitative estimate of drug-likeness (QED) is 0.777. The number of benzene rings is 1. The summed E-state index contributed by atoms with van der Waals surface area (Å²) in [5, 5.41) is 2.63. The highest BCUT2D eigenvalue weighted by Crippen LogP contribution is 2.21. The van der Waals surface area contributed by atoms with Gasteiger partial charge in [-0.1, -0.05) is 6.92 Å². The number of likely N-dealkylation sites (N-methyl/N-ethyl adjacent to an activating group) is 1. The smallest absolute Gasteiger partial charge is 0.243 e. The number of rotatable bonds is 6. The van der Waals surface area contributed by atoms with Crippen LogP contribution in [0.2, 0.25) is 0 Å². The highest BCUT2D eigenvalue weighted by molar-refractivity contribution is 7.92. The van der Waals surface area contributed by atoms with Crippen molar-refractivity contribution in [2.75, 3.05) is 55.1 Å². The molecule has 0 aliphatic carbocycles. The monoisotopic (exact) mass is 382 g/mol. The molecule has 1 saturated heterocycles. The van der Waals surface area contributed by atoms with E-state index in [2.05, 4.69) is 17.1 Å². The Labute approximate surface area is 154 Å². The van der Waals surface area contributed by atoms with Gasteiger partial charge in [0.05, 0.1) is 11.9 Å². The van der Waals surface area contributed by atoms with Crippen molar-refractivity contribution in [1.82, 2.24) is 9.80 Å². The molecular weight excluding hydrogens is 356 g/mol. The van der Waals surface area contributed by atoms with E-state index >= 15 is 0 Å². The predicted octanol–water partition coefficient (Wildman–Crippen LogP) is 0.575. The molecule has 0 unspecified atom stereocenters. The number of carbonyl (C=O) groups is 2. The molecule has 0 atom stereocenters. The van der Waals surface area contributed by atoms with E-state index in [4.69, 9.17) is 0 Å². The number of carbonyl (C=O) groups excluding carboxylic acids is 2. The molecule has 9 heteroatoms. The summed E-state index contributed by atoms with van der Waals surface area (Å²) in [6.45, 7) is 6.99. The number of hydrogen-bond acceptors (Lipinski definition) is 5. The van der Waals surface area contributed by atoms with E-state index in [1.807, 2.05) is 0 Å². The van der Waals surface area contributed by atoms with E-state index in [-0.39, 0.29) is 18.4 Å². The second-order valence-electron chi connectivity index (χ2n) is 6.31. The van der Waals surface area contributed by atoms with Gasteiger partial charge < -0.3 is 15.1 Å². The average molecular weight is 382 g/mol. The van der Waals surface area contributed by atoms with Gasteiger partial charge in [-0.3, -0.25) is 13.9 Å². The summed E-state index contributed by atoms with van der Waals surface area (Å²) in [5.41, 5.74) is 0.957. The van der Waals surface area contributed by atoms with Crippen molar-refractivity contribution in [2.45, 2.75) is 13.8 Å². The molecule has 26 heavy (non-hydrogen) atoms. The van der Waals surface area contributed by atoms with Crippen LogP contribution in [0.15, 0.2) is 24.3 Å². The Morgan fingerprint density at radius 1 is 1.12 bits per heavy atom. The summed E-state index contributed by atoms with van der Waals surface area (Å²) in [6.07, 6.45) is 1.08. The molecule has 1 aliphatic rings. The fourth-order valence-corrected chi connectivity index (χ4v) is 3.70. The van der Waals surface area contributed by atoms with Crippen LogP contribution in [0.4, 0.5) is 11.4 Å². The number of nitrogens with one attached hydrogen (secondary N) is 1. The summed E-state index contributed by atoms with van der Waals surface area (Å²) >= 11 is 0. The van der Waals surface area contributed by atoms with Gasteiger partial charge in [0.25, 0.3) is 0 Å². The summed E-state index contributed by atoms with van der Waals surface area (Å²) in [7, 11) is -3.61. The molecule has 1 aromatic carbocycles. The lowest BCUT2D eigenvalue weighted by molar-refractivity contribution is -0.131. The molecule has 2 rings (SSSR count). The Morgan fingerprint density at radius 2 is 1.69 bits per heavy atom. The standard InChI is InChI=1S/C17H26N4O4S/c1-4-19-9-11-20(12-10-19)17(23)13-21(26(3,24)25)16-7-5-15(6-8-16)18-14(2)22/h5-8H,4,9-13H2,1-3H3,(H,18,22). The van der Waals surface area contributed by atoms with Crippen molar-refractivity contribution in [3.63, 3.8) is 0 Å². The van der Waals surface area contributed by atoms with E-state index in [0.29, 0.717) is 24.5 Å². The van der Waals surface area contributed by atoms with Gasteiger partial charge in [-0.25, -0.2) is 8.42 Å². The molecular formula is C17H26N4O4S. The lowest BCUT2D eigenvalue weighted by Crippen LogP contribution is -2.51. The number of piperazine rings is 1. The van der Waals surface area contributed by atoms with Crippen LogP contribution < -0.4 is 9.62 Å². The number of anilines is 2. The predicted molar refractivity (Wildman–Crippen MR) is 102 cm³/mol. The van der Waals surface area contributed by atoms with Crippen LogP contribution in [0.1, 0.15) is 13.8 Å². The Morgan fingerprint density at radius 3 is 2.15 bits per heavy atom. The Kier molecular flexibility index (Phi) is 6.60. The molecule has 1 heterocycles. The number of hydrogen-bond donors (Lipinski definition) is 1. The van der Waals surface area contributed by atoms with Gasteiger partial charge in [-0.15, -0.1) is 0 Å². The van der Waals surface area contributed by atoms with Crippen molar-refractivity contribution in [3.05, 3.63) is 24.3 Å². The van der Waals surface area contributed by atoms with Crippen LogP contribution in [0.5, 0.6) is 0 Å². The highest BCUT2D eigenvalue weighted by atomic mass is 32.2. The number of amides is 2. The second-order valence-corrected chi connectivity index (χ2v) is 8.22. The van der Waals surface area contributed by atoms with Crippen LogP contribution in [-0.4, -0.2) is 75.6 Å². The van der Waals surface area contributed by atoms with E-state index in [9.17, 15) is 18.0 Å². The van der Waals surface area contributed by atoms with Crippen LogP contribution >= 0.6 is 0 Å². The van der Waals surface area contributed by atoms with Gasteiger partial charge in [-0.05, 0) is 30.8 Å². The van der Waals surface area contributed by atoms with Crippen molar-refractivity contribution in [1.29, 1.82) is 0 Å². The van der Waals surface area contributed by atoms with Gasteiger partial charge >= 0.3 is 0 Å². The van der Waals surface area contributed by atoms with Crippen molar-refractivity contribution in [2.24, 2.45) is 0 Å². The third kappa shape index (κ3) is 5.43. The Balaban J connectivity index is 2.11. The molecule has 0 aromatic heterocycles. The average Bonchev–Trinajstić information content (AvgIpc) is 2.59. The maximum Gasteiger partial charge on any atom is 0.243 e. The minimum Gasteiger partial charge on any atom is -0.339 e. The first kappa shape index (κ1) is 20.2. The summed E-state index contributed by atoms with van der Waals surface area (Å²) < 4.78 is 25.5. The molecule has 0 bridgehead atoms. The van der Waals surface area contributed by atoms with E-state index in [1.54, 1.807) is 29.2 Å². The van der Waals surface area contributed by atoms with Gasteiger partial charge in [0.2, 0.25) is 21.8 Å². The maximum absolute atomic E-state index is 12.6. The molecule has 144 valence electrons. The van der Waals surface area contributed by atoms with E-state index in [1.165, 1.54) is 6.92 Å². The normalized spacial score (nSPS) is 15.6. The summed E-state index contributed by atoms with van der Waals surface area (Å²) in [4.78, 5) is 27.6. The molecule has 2 amide bonds. The largest absolute Gasteiger partial charge is 0.339 e. The van der Waals surface area contributed by atoms with Gasteiger partial charge in [-0.2, -0.15) is 0 Å².